The number of aryl methyl sites for hydroxylation is 1. The molecule has 2 rings (SSSR count). The quantitative estimate of drug-likeness (QED) is 0.818. The van der Waals surface area contributed by atoms with E-state index < -0.39 is 0 Å². The Bertz CT molecular complexity index is 568. The minimum Gasteiger partial charge on any atom is -0.398 e. The van der Waals surface area contributed by atoms with Gasteiger partial charge in [0.25, 0.3) is 0 Å². The van der Waals surface area contributed by atoms with E-state index in [9.17, 15) is 0 Å². The molecule has 2 nitrogen and oxygen atoms in total. The van der Waals surface area contributed by atoms with Crippen molar-refractivity contribution in [1.29, 1.82) is 0 Å². The van der Waals surface area contributed by atoms with Gasteiger partial charge in [-0.1, -0.05) is 11.6 Å². The summed E-state index contributed by atoms with van der Waals surface area (Å²) in [6, 6.07) is 5.97. The number of benzene rings is 1. The van der Waals surface area contributed by atoms with Gasteiger partial charge < -0.3 is 10.6 Å². The maximum atomic E-state index is 6.08. The smallest absolute Gasteiger partial charge is 0.0701 e. The van der Waals surface area contributed by atoms with Crippen LogP contribution in [0.3, 0.4) is 0 Å². The standard InChI is InChI=1S/C13H14BrClN2S/c1-8-3-11(16)10(15)5-12(8)17(2)6-9-4-13(14)18-7-9/h3-5,7H,6,16H2,1-2H3. The fourth-order valence-corrected chi connectivity index (χ4v) is 3.25. The van der Waals surface area contributed by atoms with E-state index in [1.165, 1.54) is 5.56 Å². The lowest BCUT2D eigenvalue weighted by Gasteiger charge is -2.21. The lowest BCUT2D eigenvalue weighted by Crippen LogP contribution is -2.17. The van der Waals surface area contributed by atoms with E-state index in [0.29, 0.717) is 10.7 Å². The zero-order valence-corrected chi connectivity index (χ0v) is 13.4. The number of hydrogen-bond donors (Lipinski definition) is 1. The van der Waals surface area contributed by atoms with Crippen molar-refractivity contribution in [1.82, 2.24) is 0 Å². The average Bonchev–Trinajstić information content (AvgIpc) is 2.69. The van der Waals surface area contributed by atoms with Gasteiger partial charge in [0.15, 0.2) is 0 Å². The topological polar surface area (TPSA) is 29.3 Å². The Hall–Kier alpha value is -0.710. The van der Waals surface area contributed by atoms with Crippen LogP contribution in [0.15, 0.2) is 27.4 Å². The van der Waals surface area contributed by atoms with E-state index in [1.54, 1.807) is 11.3 Å². The SMILES string of the molecule is Cc1cc(N)c(Cl)cc1N(C)Cc1csc(Br)c1. The van der Waals surface area contributed by atoms with Crippen molar-refractivity contribution in [3.63, 3.8) is 0 Å². The zero-order chi connectivity index (χ0) is 13.3. The number of rotatable bonds is 3. The molecule has 96 valence electrons. The first-order valence-corrected chi connectivity index (χ1v) is 7.52. The third kappa shape index (κ3) is 2.99. The molecule has 0 saturated carbocycles. The van der Waals surface area contributed by atoms with Gasteiger partial charge in [0, 0.05) is 19.3 Å². The van der Waals surface area contributed by atoms with Gasteiger partial charge in [0.1, 0.15) is 0 Å². The van der Waals surface area contributed by atoms with Gasteiger partial charge in [0.05, 0.1) is 14.5 Å². The molecule has 0 fully saturated rings. The van der Waals surface area contributed by atoms with Crippen LogP contribution >= 0.6 is 38.9 Å². The van der Waals surface area contributed by atoms with Gasteiger partial charge >= 0.3 is 0 Å². The lowest BCUT2D eigenvalue weighted by molar-refractivity contribution is 0.922. The highest BCUT2D eigenvalue weighted by molar-refractivity contribution is 9.11. The molecule has 0 aliphatic heterocycles. The highest BCUT2D eigenvalue weighted by Crippen LogP contribution is 2.30. The summed E-state index contributed by atoms with van der Waals surface area (Å²) in [5.74, 6) is 0. The summed E-state index contributed by atoms with van der Waals surface area (Å²) in [7, 11) is 2.06. The average molecular weight is 346 g/mol. The number of nitrogen functional groups attached to an aromatic ring is 1. The Morgan fingerprint density at radius 3 is 2.72 bits per heavy atom. The van der Waals surface area contributed by atoms with Gasteiger partial charge in [-0.3, -0.25) is 0 Å². The maximum absolute atomic E-state index is 6.08. The molecule has 2 N–H and O–H groups in total. The predicted molar refractivity (Wildman–Crippen MR) is 84.7 cm³/mol. The third-order valence-corrected chi connectivity index (χ3v) is 4.65. The molecule has 1 heterocycles. The monoisotopic (exact) mass is 344 g/mol. The Labute approximate surface area is 124 Å². The number of anilines is 2. The molecule has 1 aromatic heterocycles. The largest absolute Gasteiger partial charge is 0.398 e. The van der Waals surface area contributed by atoms with E-state index >= 15 is 0 Å². The normalized spacial score (nSPS) is 10.7. The lowest BCUT2D eigenvalue weighted by atomic mass is 10.1. The summed E-state index contributed by atoms with van der Waals surface area (Å²) in [6.45, 7) is 2.89. The van der Waals surface area contributed by atoms with E-state index in [2.05, 4.69) is 39.3 Å². The molecule has 18 heavy (non-hydrogen) atoms. The molecule has 0 unspecified atom stereocenters. The van der Waals surface area contributed by atoms with Gasteiger partial charge in [-0.25, -0.2) is 0 Å². The van der Waals surface area contributed by atoms with Crippen molar-refractivity contribution in [2.24, 2.45) is 0 Å². The number of thiophene rings is 1. The van der Waals surface area contributed by atoms with Gasteiger partial charge in [-0.15, -0.1) is 11.3 Å². The summed E-state index contributed by atoms with van der Waals surface area (Å²) < 4.78 is 1.15. The van der Waals surface area contributed by atoms with Crippen LogP contribution < -0.4 is 10.6 Å². The Morgan fingerprint density at radius 1 is 1.39 bits per heavy atom. The van der Waals surface area contributed by atoms with Crippen molar-refractivity contribution >= 4 is 50.2 Å². The highest BCUT2D eigenvalue weighted by Gasteiger charge is 2.09. The van der Waals surface area contributed by atoms with E-state index in [0.717, 1.165) is 21.6 Å². The van der Waals surface area contributed by atoms with Crippen LogP contribution in [-0.2, 0) is 6.54 Å². The van der Waals surface area contributed by atoms with Crippen molar-refractivity contribution in [2.75, 3.05) is 17.7 Å². The van der Waals surface area contributed by atoms with Gasteiger partial charge in [-0.2, -0.15) is 0 Å². The van der Waals surface area contributed by atoms with Crippen LogP contribution in [0.2, 0.25) is 5.02 Å². The molecule has 0 saturated heterocycles. The summed E-state index contributed by atoms with van der Waals surface area (Å²) in [4.78, 5) is 2.18. The first-order chi connectivity index (χ1) is 8.47. The van der Waals surface area contributed by atoms with Gasteiger partial charge in [-0.05, 0) is 57.6 Å². The molecule has 2 aromatic rings. The second-order valence-electron chi connectivity index (χ2n) is 4.28. The van der Waals surface area contributed by atoms with Crippen LogP contribution in [0.25, 0.3) is 0 Å². The molecule has 1 aromatic carbocycles. The molecule has 0 amide bonds. The zero-order valence-electron chi connectivity index (χ0n) is 10.2. The third-order valence-electron chi connectivity index (χ3n) is 2.77. The first-order valence-electron chi connectivity index (χ1n) is 5.47. The van der Waals surface area contributed by atoms with Crippen LogP contribution in [-0.4, -0.2) is 7.05 Å². The number of nitrogens with zero attached hydrogens (tertiary/aromatic N) is 1. The second kappa shape index (κ2) is 5.51. The molecule has 0 radical (unpaired) electrons. The Morgan fingerprint density at radius 2 is 2.11 bits per heavy atom. The molecule has 0 atom stereocenters. The van der Waals surface area contributed by atoms with Crippen LogP contribution in [0.1, 0.15) is 11.1 Å². The molecule has 0 aliphatic rings. The van der Waals surface area contributed by atoms with Crippen molar-refractivity contribution in [3.8, 4) is 0 Å². The molecule has 5 heteroatoms. The van der Waals surface area contributed by atoms with Crippen molar-refractivity contribution < 1.29 is 0 Å². The minimum atomic E-state index is 0.606. The number of nitrogens with two attached hydrogens (primary N) is 1. The predicted octanol–water partition coefficient (Wildman–Crippen LogP) is 4.69. The highest BCUT2D eigenvalue weighted by atomic mass is 79.9. The van der Waals surface area contributed by atoms with Crippen LogP contribution in [0, 0.1) is 6.92 Å². The fourth-order valence-electron chi connectivity index (χ4n) is 1.89. The summed E-state index contributed by atoms with van der Waals surface area (Å²) >= 11 is 11.3. The van der Waals surface area contributed by atoms with E-state index in [4.69, 9.17) is 17.3 Å². The second-order valence-corrected chi connectivity index (χ2v) is 6.97. The molecule has 0 bridgehead atoms. The summed E-state index contributed by atoms with van der Waals surface area (Å²) in [6.07, 6.45) is 0. The Kier molecular flexibility index (Phi) is 4.20. The summed E-state index contributed by atoms with van der Waals surface area (Å²) in [5, 5.41) is 2.75. The number of hydrogen-bond acceptors (Lipinski definition) is 3. The molecular formula is C13H14BrClN2S. The van der Waals surface area contributed by atoms with Crippen LogP contribution in [0.5, 0.6) is 0 Å². The number of halogens is 2. The summed E-state index contributed by atoms with van der Waals surface area (Å²) in [5.41, 5.74) is 9.94. The van der Waals surface area contributed by atoms with Crippen LogP contribution in [0.4, 0.5) is 11.4 Å². The van der Waals surface area contributed by atoms with E-state index in [1.807, 2.05) is 19.1 Å². The van der Waals surface area contributed by atoms with Crippen molar-refractivity contribution in [2.45, 2.75) is 13.5 Å². The Balaban J connectivity index is 2.23. The minimum absolute atomic E-state index is 0.606. The van der Waals surface area contributed by atoms with Gasteiger partial charge in [0.2, 0.25) is 0 Å². The fraction of sp³-hybridized carbons (Fsp3) is 0.231. The maximum Gasteiger partial charge on any atom is 0.0701 e. The van der Waals surface area contributed by atoms with E-state index in [-0.39, 0.29) is 0 Å². The molecule has 0 aliphatic carbocycles. The molecule has 0 spiro atoms. The molecular weight excluding hydrogens is 332 g/mol. The van der Waals surface area contributed by atoms with Crippen molar-refractivity contribution in [3.05, 3.63) is 43.5 Å². The first kappa shape index (κ1) is 13.7.